The summed E-state index contributed by atoms with van der Waals surface area (Å²) in [5.41, 5.74) is 5.33. The Morgan fingerprint density at radius 3 is 2.24 bits per heavy atom. The second-order valence-corrected chi connectivity index (χ2v) is 5.32. The number of benzene rings is 1. The fourth-order valence-electron chi connectivity index (χ4n) is 2.50. The minimum Gasteiger partial charge on any atom is -0.437 e. The third kappa shape index (κ3) is 3.10. The Bertz CT molecular complexity index is 611. The van der Waals surface area contributed by atoms with E-state index in [-0.39, 0.29) is 5.92 Å². The van der Waals surface area contributed by atoms with Gasteiger partial charge >= 0.3 is 6.16 Å². The van der Waals surface area contributed by atoms with Crippen LogP contribution >= 0.6 is 0 Å². The van der Waals surface area contributed by atoms with E-state index in [1.54, 1.807) is 0 Å². The second kappa shape index (κ2) is 6.04. The molecule has 2 rings (SSSR count). The first-order valence-electron chi connectivity index (χ1n) is 6.91. The number of methoxy groups -OCH3 is 1. The van der Waals surface area contributed by atoms with Gasteiger partial charge in [0.15, 0.2) is 0 Å². The zero-order valence-electron chi connectivity index (χ0n) is 13.1. The first-order chi connectivity index (χ1) is 9.93. The molecule has 0 amide bonds. The van der Waals surface area contributed by atoms with Crippen molar-refractivity contribution in [3.8, 4) is 0 Å². The van der Waals surface area contributed by atoms with Gasteiger partial charge in [0.2, 0.25) is 0 Å². The van der Waals surface area contributed by atoms with Crippen molar-refractivity contribution >= 4 is 6.16 Å². The van der Waals surface area contributed by atoms with Gasteiger partial charge in [-0.15, -0.1) is 0 Å². The van der Waals surface area contributed by atoms with Gasteiger partial charge in [0.05, 0.1) is 18.7 Å². The second-order valence-electron chi connectivity index (χ2n) is 5.32. The molecular formula is C17H21NO3. The number of carbonyl (C=O) groups is 1. The summed E-state index contributed by atoms with van der Waals surface area (Å²) < 4.78 is 10.0. The molecule has 0 aromatic heterocycles. The molecule has 1 aliphatic rings. The maximum atomic E-state index is 11.5. The summed E-state index contributed by atoms with van der Waals surface area (Å²) in [5, 5.41) is 3.25. The van der Waals surface area contributed by atoms with Crippen LogP contribution in [0.2, 0.25) is 0 Å². The normalized spacial score (nSPS) is 18.4. The summed E-state index contributed by atoms with van der Waals surface area (Å²) >= 11 is 0. The average Bonchev–Trinajstić information content (AvgIpc) is 2.46. The summed E-state index contributed by atoms with van der Waals surface area (Å²) in [6.07, 6.45) is -0.699. The first-order valence-corrected chi connectivity index (χ1v) is 6.91. The smallest absolute Gasteiger partial charge is 0.437 e. The molecule has 1 N–H and O–H groups in total. The van der Waals surface area contributed by atoms with Crippen LogP contribution in [0.4, 0.5) is 4.79 Å². The van der Waals surface area contributed by atoms with Gasteiger partial charge < -0.3 is 14.8 Å². The van der Waals surface area contributed by atoms with Crippen LogP contribution < -0.4 is 5.32 Å². The average molecular weight is 287 g/mol. The Labute approximate surface area is 125 Å². The Kier molecular flexibility index (Phi) is 4.36. The lowest BCUT2D eigenvalue weighted by atomic mass is 9.86. The van der Waals surface area contributed by atoms with Crippen LogP contribution in [-0.4, -0.2) is 13.3 Å². The fraction of sp³-hybridized carbons (Fsp3) is 0.353. The summed E-state index contributed by atoms with van der Waals surface area (Å²) in [7, 11) is 1.31. The van der Waals surface area contributed by atoms with Crippen LogP contribution in [0.15, 0.2) is 47.0 Å². The number of hydrogen-bond donors (Lipinski definition) is 1. The molecule has 1 unspecified atom stereocenters. The molecule has 1 aromatic rings. The van der Waals surface area contributed by atoms with E-state index in [4.69, 9.17) is 4.74 Å². The lowest BCUT2D eigenvalue weighted by molar-refractivity contribution is 0.0921. The van der Waals surface area contributed by atoms with Crippen molar-refractivity contribution in [3.05, 3.63) is 58.1 Å². The molecule has 0 saturated carbocycles. The Morgan fingerprint density at radius 2 is 1.67 bits per heavy atom. The standard InChI is InChI=1S/C17H21NO3/c1-10-6-8-14(9-7-10)15-11(2)12(3)18-13(4)16(15)21-17(19)20-5/h6-9,15,18H,1-5H3. The SMILES string of the molecule is COC(=O)OC1=C(C)NC(C)=C(C)C1c1ccc(C)cc1. The lowest BCUT2D eigenvalue weighted by Crippen LogP contribution is -2.26. The molecule has 21 heavy (non-hydrogen) atoms. The highest BCUT2D eigenvalue weighted by Crippen LogP contribution is 2.38. The molecule has 4 nitrogen and oxygen atoms in total. The highest BCUT2D eigenvalue weighted by Gasteiger charge is 2.29. The molecule has 1 aliphatic heterocycles. The molecule has 0 bridgehead atoms. The maximum Gasteiger partial charge on any atom is 0.513 e. The van der Waals surface area contributed by atoms with Crippen molar-refractivity contribution in [2.24, 2.45) is 0 Å². The maximum absolute atomic E-state index is 11.5. The minimum absolute atomic E-state index is 0.0778. The van der Waals surface area contributed by atoms with Crippen molar-refractivity contribution in [3.63, 3.8) is 0 Å². The quantitative estimate of drug-likeness (QED) is 0.835. The van der Waals surface area contributed by atoms with E-state index in [2.05, 4.69) is 34.3 Å². The molecule has 0 saturated heterocycles. The zero-order valence-corrected chi connectivity index (χ0v) is 13.1. The number of hydrogen-bond acceptors (Lipinski definition) is 4. The summed E-state index contributed by atoms with van der Waals surface area (Å²) in [4.78, 5) is 11.5. The van der Waals surface area contributed by atoms with E-state index in [0.29, 0.717) is 5.76 Å². The fourth-order valence-corrected chi connectivity index (χ4v) is 2.50. The summed E-state index contributed by atoms with van der Waals surface area (Å²) in [5.74, 6) is 0.514. The van der Waals surface area contributed by atoms with Crippen LogP contribution in [0, 0.1) is 6.92 Å². The van der Waals surface area contributed by atoms with Crippen LogP contribution in [0.3, 0.4) is 0 Å². The molecule has 112 valence electrons. The summed E-state index contributed by atoms with van der Waals surface area (Å²) in [6.45, 7) is 8.01. The Hall–Kier alpha value is -2.23. The predicted molar refractivity (Wildman–Crippen MR) is 81.6 cm³/mol. The minimum atomic E-state index is -0.699. The van der Waals surface area contributed by atoms with Gasteiger partial charge in [-0.2, -0.15) is 0 Å². The largest absolute Gasteiger partial charge is 0.513 e. The summed E-state index contributed by atoms with van der Waals surface area (Å²) in [6, 6.07) is 8.25. The van der Waals surface area contributed by atoms with Gasteiger partial charge in [-0.25, -0.2) is 4.79 Å². The van der Waals surface area contributed by atoms with Gasteiger partial charge in [-0.3, -0.25) is 0 Å². The highest BCUT2D eigenvalue weighted by molar-refractivity contribution is 5.62. The topological polar surface area (TPSA) is 47.6 Å². The number of carbonyl (C=O) groups excluding carboxylic acids is 1. The van der Waals surface area contributed by atoms with Crippen molar-refractivity contribution in [2.45, 2.75) is 33.6 Å². The molecule has 0 radical (unpaired) electrons. The number of dihydropyridines is 1. The van der Waals surface area contributed by atoms with Crippen molar-refractivity contribution < 1.29 is 14.3 Å². The van der Waals surface area contributed by atoms with E-state index in [0.717, 1.165) is 22.5 Å². The molecule has 0 aliphatic carbocycles. The van der Waals surface area contributed by atoms with Crippen molar-refractivity contribution in [2.75, 3.05) is 7.11 Å². The van der Waals surface area contributed by atoms with Crippen LogP contribution in [0.5, 0.6) is 0 Å². The van der Waals surface area contributed by atoms with Gasteiger partial charge in [0, 0.05) is 5.70 Å². The number of allylic oxidation sites excluding steroid dienone is 3. The number of aryl methyl sites for hydroxylation is 1. The van der Waals surface area contributed by atoms with Gasteiger partial charge in [0.1, 0.15) is 5.76 Å². The molecule has 0 fully saturated rings. The van der Waals surface area contributed by atoms with Gasteiger partial charge in [-0.05, 0) is 38.8 Å². The van der Waals surface area contributed by atoms with Gasteiger partial charge in [0.25, 0.3) is 0 Å². The third-order valence-corrected chi connectivity index (χ3v) is 3.80. The molecule has 1 heterocycles. The van der Waals surface area contributed by atoms with E-state index in [1.807, 2.05) is 27.7 Å². The van der Waals surface area contributed by atoms with Crippen molar-refractivity contribution in [1.29, 1.82) is 0 Å². The Balaban J connectivity index is 2.46. The molecule has 1 atom stereocenters. The molecular weight excluding hydrogens is 266 g/mol. The van der Waals surface area contributed by atoms with Crippen molar-refractivity contribution in [1.82, 2.24) is 5.32 Å². The molecule has 0 spiro atoms. The third-order valence-electron chi connectivity index (χ3n) is 3.80. The zero-order chi connectivity index (χ0) is 15.6. The lowest BCUT2D eigenvalue weighted by Gasteiger charge is -2.29. The van der Waals surface area contributed by atoms with Crippen LogP contribution in [-0.2, 0) is 9.47 Å². The van der Waals surface area contributed by atoms with E-state index in [9.17, 15) is 4.79 Å². The molecule has 1 aromatic carbocycles. The van der Waals surface area contributed by atoms with Crippen LogP contribution in [0.25, 0.3) is 0 Å². The monoisotopic (exact) mass is 287 g/mol. The molecule has 4 heteroatoms. The van der Waals surface area contributed by atoms with Crippen LogP contribution in [0.1, 0.15) is 37.8 Å². The highest BCUT2D eigenvalue weighted by atomic mass is 16.7. The van der Waals surface area contributed by atoms with E-state index in [1.165, 1.54) is 12.7 Å². The number of ether oxygens (including phenoxy) is 2. The number of nitrogens with one attached hydrogen (secondary N) is 1. The predicted octanol–water partition coefficient (Wildman–Crippen LogP) is 3.99. The number of rotatable bonds is 2. The van der Waals surface area contributed by atoms with Gasteiger partial charge in [-0.1, -0.05) is 29.8 Å². The Morgan fingerprint density at radius 1 is 1.05 bits per heavy atom. The van der Waals surface area contributed by atoms with E-state index >= 15 is 0 Å². The first kappa shape index (κ1) is 15.2. The van der Waals surface area contributed by atoms with E-state index < -0.39 is 6.16 Å².